The Labute approximate surface area is 206 Å². The summed E-state index contributed by atoms with van der Waals surface area (Å²) in [5, 5.41) is 2.70. The van der Waals surface area contributed by atoms with Gasteiger partial charge >= 0.3 is 6.09 Å². The smallest absolute Gasteiger partial charge is 0.412 e. The molecule has 0 fully saturated rings. The predicted molar refractivity (Wildman–Crippen MR) is 143 cm³/mol. The average Bonchev–Trinajstić information content (AvgIpc) is 2.79. The van der Waals surface area contributed by atoms with E-state index in [1.54, 1.807) is 32.4 Å². The first-order valence-corrected chi connectivity index (χ1v) is 12.0. The molecule has 0 saturated carbocycles. The van der Waals surface area contributed by atoms with Crippen molar-refractivity contribution in [1.29, 1.82) is 0 Å². The molecule has 1 rings (SSSR count). The van der Waals surface area contributed by atoms with Crippen molar-refractivity contribution in [3.63, 3.8) is 0 Å². The number of nitrogens with one attached hydrogen (secondary N) is 1. The Morgan fingerprint density at radius 2 is 1.35 bits per heavy atom. The third kappa shape index (κ3) is 12.9. The quantitative estimate of drug-likeness (QED) is 0.278. The molecule has 34 heavy (non-hydrogen) atoms. The van der Waals surface area contributed by atoms with E-state index in [9.17, 15) is 4.79 Å². The molecule has 5 heteroatoms. The van der Waals surface area contributed by atoms with Gasteiger partial charge in [0, 0.05) is 6.07 Å². The molecule has 188 valence electrons. The van der Waals surface area contributed by atoms with Gasteiger partial charge in [0.25, 0.3) is 0 Å². The SMILES string of the molecule is COc1ccc(NC(=O)OC/C=C(\C)CC/C=C(\C)CC/C=C(\C)CCC=C(C)C)c(OC)c1. The van der Waals surface area contributed by atoms with E-state index in [1.807, 2.05) is 6.08 Å². The van der Waals surface area contributed by atoms with Crippen LogP contribution in [0, 0.1) is 0 Å². The van der Waals surface area contributed by atoms with Crippen molar-refractivity contribution in [2.75, 3.05) is 26.1 Å². The van der Waals surface area contributed by atoms with Gasteiger partial charge in [0.15, 0.2) is 0 Å². The summed E-state index contributed by atoms with van der Waals surface area (Å²) in [6.07, 6.45) is 14.8. The van der Waals surface area contributed by atoms with Crippen LogP contribution in [0.4, 0.5) is 10.5 Å². The van der Waals surface area contributed by atoms with E-state index in [-0.39, 0.29) is 6.61 Å². The fourth-order valence-corrected chi connectivity index (χ4v) is 3.29. The Morgan fingerprint density at radius 1 is 0.794 bits per heavy atom. The third-order valence-corrected chi connectivity index (χ3v) is 5.45. The zero-order valence-corrected chi connectivity index (χ0v) is 22.1. The average molecular weight is 470 g/mol. The zero-order valence-electron chi connectivity index (χ0n) is 22.1. The van der Waals surface area contributed by atoms with Gasteiger partial charge in [0.2, 0.25) is 0 Å². The lowest BCUT2D eigenvalue weighted by molar-refractivity contribution is 0.173. The Kier molecular flexibility index (Phi) is 14.2. The van der Waals surface area contributed by atoms with Crippen LogP contribution >= 0.6 is 0 Å². The second kappa shape index (κ2) is 16.6. The van der Waals surface area contributed by atoms with Gasteiger partial charge in [-0.3, -0.25) is 5.32 Å². The summed E-state index contributed by atoms with van der Waals surface area (Å²) in [5.74, 6) is 1.17. The number of amides is 1. The summed E-state index contributed by atoms with van der Waals surface area (Å²) < 4.78 is 15.7. The normalized spacial score (nSPS) is 12.3. The van der Waals surface area contributed by atoms with Crippen LogP contribution in [0.2, 0.25) is 0 Å². The molecule has 1 aromatic rings. The van der Waals surface area contributed by atoms with Crippen molar-refractivity contribution in [3.8, 4) is 11.5 Å². The van der Waals surface area contributed by atoms with E-state index < -0.39 is 6.09 Å². The predicted octanol–water partition coefficient (Wildman–Crippen LogP) is 8.40. The van der Waals surface area contributed by atoms with Crippen LogP contribution in [0.5, 0.6) is 11.5 Å². The highest BCUT2D eigenvalue weighted by atomic mass is 16.5. The number of carbonyl (C=O) groups excluding carboxylic acids is 1. The first kappa shape index (κ1) is 29.1. The number of allylic oxidation sites excluding steroid dienone is 7. The van der Waals surface area contributed by atoms with E-state index in [1.165, 1.54) is 22.3 Å². The summed E-state index contributed by atoms with van der Waals surface area (Å²) in [6, 6.07) is 5.18. The molecule has 0 aliphatic carbocycles. The summed E-state index contributed by atoms with van der Waals surface area (Å²) in [5.41, 5.74) is 6.02. The fraction of sp³-hybridized carbons (Fsp3) is 0.483. The number of methoxy groups -OCH3 is 2. The molecule has 1 N–H and O–H groups in total. The van der Waals surface area contributed by atoms with Crippen LogP contribution in [0.1, 0.15) is 73.1 Å². The van der Waals surface area contributed by atoms with Crippen molar-refractivity contribution in [2.24, 2.45) is 0 Å². The minimum Gasteiger partial charge on any atom is -0.497 e. The molecule has 1 aromatic carbocycles. The number of carbonyl (C=O) groups is 1. The van der Waals surface area contributed by atoms with Gasteiger partial charge in [-0.05, 0) is 91.4 Å². The van der Waals surface area contributed by atoms with Crippen molar-refractivity contribution >= 4 is 11.8 Å². The summed E-state index contributed by atoms with van der Waals surface area (Å²) in [7, 11) is 3.12. The van der Waals surface area contributed by atoms with Gasteiger partial charge in [-0.2, -0.15) is 0 Å². The number of rotatable bonds is 14. The highest BCUT2D eigenvalue weighted by Crippen LogP contribution is 2.29. The highest BCUT2D eigenvalue weighted by Gasteiger charge is 2.09. The van der Waals surface area contributed by atoms with E-state index in [2.05, 4.69) is 58.2 Å². The Bertz CT molecular complexity index is 889. The Balaban J connectivity index is 2.33. The van der Waals surface area contributed by atoms with Crippen LogP contribution in [-0.4, -0.2) is 26.9 Å². The molecule has 0 aliphatic heterocycles. The summed E-state index contributed by atoms with van der Waals surface area (Å²) in [6.45, 7) is 11.0. The largest absolute Gasteiger partial charge is 0.497 e. The first-order chi connectivity index (χ1) is 16.2. The molecule has 0 saturated heterocycles. The van der Waals surface area contributed by atoms with Gasteiger partial charge in [0.05, 0.1) is 19.9 Å². The second-order valence-corrected chi connectivity index (χ2v) is 8.84. The molecular formula is C29H43NO4. The van der Waals surface area contributed by atoms with Crippen LogP contribution < -0.4 is 14.8 Å². The molecule has 0 bridgehead atoms. The number of hydrogen-bond acceptors (Lipinski definition) is 4. The van der Waals surface area contributed by atoms with E-state index >= 15 is 0 Å². The topological polar surface area (TPSA) is 56.8 Å². The third-order valence-electron chi connectivity index (χ3n) is 5.45. The molecule has 0 spiro atoms. The van der Waals surface area contributed by atoms with Gasteiger partial charge < -0.3 is 14.2 Å². The van der Waals surface area contributed by atoms with Gasteiger partial charge in [0.1, 0.15) is 18.1 Å². The van der Waals surface area contributed by atoms with E-state index in [0.717, 1.165) is 38.5 Å². The molecule has 0 atom stereocenters. The minimum atomic E-state index is -0.521. The lowest BCUT2D eigenvalue weighted by Crippen LogP contribution is -2.14. The van der Waals surface area contributed by atoms with E-state index in [0.29, 0.717) is 17.2 Å². The lowest BCUT2D eigenvalue weighted by Gasteiger charge is -2.11. The monoisotopic (exact) mass is 469 g/mol. The maximum Gasteiger partial charge on any atom is 0.412 e. The van der Waals surface area contributed by atoms with Crippen LogP contribution in [-0.2, 0) is 4.74 Å². The van der Waals surface area contributed by atoms with Crippen LogP contribution in [0.3, 0.4) is 0 Å². The number of benzene rings is 1. The maximum absolute atomic E-state index is 12.1. The summed E-state index contributed by atoms with van der Waals surface area (Å²) in [4.78, 5) is 12.1. The van der Waals surface area contributed by atoms with E-state index in [4.69, 9.17) is 14.2 Å². The van der Waals surface area contributed by atoms with Crippen molar-refractivity contribution in [2.45, 2.75) is 73.1 Å². The van der Waals surface area contributed by atoms with Crippen LogP contribution in [0.25, 0.3) is 0 Å². The maximum atomic E-state index is 12.1. The molecule has 5 nitrogen and oxygen atoms in total. The zero-order chi connectivity index (χ0) is 25.3. The molecule has 0 aliphatic rings. The molecule has 0 radical (unpaired) electrons. The van der Waals surface area contributed by atoms with Gasteiger partial charge in [-0.25, -0.2) is 4.79 Å². The molecule has 0 unspecified atom stereocenters. The molecular weight excluding hydrogens is 426 g/mol. The lowest BCUT2D eigenvalue weighted by atomic mass is 10.0. The first-order valence-electron chi connectivity index (χ1n) is 12.0. The second-order valence-electron chi connectivity index (χ2n) is 8.84. The molecule has 1 amide bonds. The molecule has 0 heterocycles. The molecule has 0 aromatic heterocycles. The number of ether oxygens (including phenoxy) is 3. The van der Waals surface area contributed by atoms with Gasteiger partial charge in [-0.15, -0.1) is 0 Å². The van der Waals surface area contributed by atoms with Crippen molar-refractivity contribution < 1.29 is 19.0 Å². The van der Waals surface area contributed by atoms with Crippen molar-refractivity contribution in [1.82, 2.24) is 0 Å². The number of hydrogen-bond donors (Lipinski definition) is 1. The highest BCUT2D eigenvalue weighted by molar-refractivity contribution is 5.87. The fourth-order valence-electron chi connectivity index (χ4n) is 3.29. The minimum absolute atomic E-state index is 0.232. The van der Waals surface area contributed by atoms with Crippen LogP contribution in [0.15, 0.2) is 64.8 Å². The number of anilines is 1. The summed E-state index contributed by atoms with van der Waals surface area (Å²) >= 11 is 0. The Hall–Kier alpha value is -2.95. The standard InChI is InChI=1S/C29H43NO4/c1-22(2)11-8-12-23(3)13-9-14-24(4)15-10-16-25(5)19-20-34-29(31)30-27-18-17-26(32-6)21-28(27)33-7/h11,13,15,17-19,21H,8-10,12,14,16,20H2,1-7H3,(H,30,31)/b23-13+,24-15+,25-19+. The Morgan fingerprint density at radius 3 is 1.88 bits per heavy atom. The van der Waals surface area contributed by atoms with Gasteiger partial charge in [-0.1, -0.05) is 40.5 Å². The van der Waals surface area contributed by atoms with Crippen molar-refractivity contribution in [3.05, 3.63) is 64.8 Å².